The van der Waals surface area contributed by atoms with Crippen LogP contribution in [0.2, 0.25) is 4.34 Å². The van der Waals surface area contributed by atoms with Crippen LogP contribution in [0.3, 0.4) is 0 Å². The van der Waals surface area contributed by atoms with Gasteiger partial charge in [-0.05, 0) is 30.0 Å². The summed E-state index contributed by atoms with van der Waals surface area (Å²) in [4.78, 5) is 26.5. The van der Waals surface area contributed by atoms with Crippen molar-refractivity contribution in [1.82, 2.24) is 10.2 Å². The summed E-state index contributed by atoms with van der Waals surface area (Å²) in [6.07, 6.45) is 1.05. The third-order valence-corrected chi connectivity index (χ3v) is 4.98. The number of hydrogen-bond acceptors (Lipinski definition) is 4. The van der Waals surface area contributed by atoms with Crippen molar-refractivity contribution in [3.8, 4) is 0 Å². The fraction of sp³-hybridized carbons (Fsp3) is 0.333. The molecule has 118 valence electrons. The molecule has 1 N–H and O–H groups in total. The average molecular weight is 357 g/mol. The van der Waals surface area contributed by atoms with E-state index in [4.69, 9.17) is 11.6 Å². The summed E-state index contributed by atoms with van der Waals surface area (Å²) < 4.78 is 0.729. The lowest BCUT2D eigenvalue weighted by Gasteiger charge is -2.16. The molecule has 0 fully saturated rings. The number of halogens is 1. The molecule has 0 radical (unpaired) electrons. The van der Waals surface area contributed by atoms with Gasteiger partial charge in [-0.15, -0.1) is 11.3 Å². The molecule has 0 bridgehead atoms. The largest absolute Gasteiger partial charge is 0.352 e. The second kappa shape index (κ2) is 8.31. The Morgan fingerprint density at radius 2 is 2.14 bits per heavy atom. The molecule has 2 aromatic heterocycles. The summed E-state index contributed by atoms with van der Waals surface area (Å²) in [7, 11) is 1.78. The molecule has 0 aliphatic heterocycles. The molecule has 7 heteroatoms. The molecule has 0 aromatic carbocycles. The maximum absolute atomic E-state index is 12.0. The number of hydrogen-bond donors (Lipinski definition) is 1. The van der Waals surface area contributed by atoms with Gasteiger partial charge in [0.1, 0.15) is 0 Å². The number of thiophene rings is 2. The van der Waals surface area contributed by atoms with E-state index in [0.29, 0.717) is 31.5 Å². The normalized spacial score (nSPS) is 10.5. The van der Waals surface area contributed by atoms with Crippen molar-refractivity contribution in [2.75, 3.05) is 13.6 Å². The highest BCUT2D eigenvalue weighted by Gasteiger charge is 2.11. The molecule has 0 atom stereocenters. The molecule has 2 amide bonds. The molecule has 0 spiro atoms. The van der Waals surface area contributed by atoms with Gasteiger partial charge in [0, 0.05) is 35.8 Å². The van der Waals surface area contributed by atoms with Crippen molar-refractivity contribution in [2.45, 2.75) is 19.4 Å². The zero-order valence-electron chi connectivity index (χ0n) is 12.2. The van der Waals surface area contributed by atoms with E-state index < -0.39 is 0 Å². The highest BCUT2D eigenvalue weighted by molar-refractivity contribution is 7.16. The van der Waals surface area contributed by atoms with Crippen LogP contribution in [-0.4, -0.2) is 30.3 Å². The molecule has 0 saturated heterocycles. The van der Waals surface area contributed by atoms with Gasteiger partial charge in [-0.1, -0.05) is 11.6 Å². The summed E-state index contributed by atoms with van der Waals surface area (Å²) in [5, 5.41) is 6.49. The standard InChI is InChI=1S/C15H17ClN2O2S2/c1-18(9-12-4-5-13(16)22-12)14(19)3-2-7-17-15(20)11-6-8-21-10-11/h4-6,8,10H,2-3,7,9H2,1H3,(H,17,20). The molecule has 4 nitrogen and oxygen atoms in total. The number of nitrogens with one attached hydrogen (secondary N) is 1. The number of nitrogens with zero attached hydrogens (tertiary/aromatic N) is 1. The smallest absolute Gasteiger partial charge is 0.252 e. The molecule has 0 aliphatic rings. The van der Waals surface area contributed by atoms with Crippen LogP contribution in [-0.2, 0) is 11.3 Å². The van der Waals surface area contributed by atoms with Gasteiger partial charge in [0.25, 0.3) is 5.91 Å². The van der Waals surface area contributed by atoms with Crippen LogP contribution in [0, 0.1) is 0 Å². The number of rotatable bonds is 7. The first-order valence-corrected chi connectivity index (χ1v) is 8.98. The summed E-state index contributed by atoms with van der Waals surface area (Å²) in [5.74, 6) is -0.0235. The van der Waals surface area contributed by atoms with Crippen molar-refractivity contribution in [3.05, 3.63) is 43.7 Å². The van der Waals surface area contributed by atoms with E-state index in [2.05, 4.69) is 5.32 Å². The minimum absolute atomic E-state index is 0.0642. The highest BCUT2D eigenvalue weighted by Crippen LogP contribution is 2.22. The first-order valence-electron chi connectivity index (χ1n) is 6.85. The first-order chi connectivity index (χ1) is 10.6. The summed E-state index contributed by atoms with van der Waals surface area (Å²) in [6.45, 7) is 1.07. The zero-order chi connectivity index (χ0) is 15.9. The Morgan fingerprint density at radius 1 is 1.32 bits per heavy atom. The summed E-state index contributed by atoms with van der Waals surface area (Å²) in [5.41, 5.74) is 0.669. The predicted octanol–water partition coefficient (Wildman–Crippen LogP) is 3.63. The van der Waals surface area contributed by atoms with E-state index in [1.807, 2.05) is 17.5 Å². The first kappa shape index (κ1) is 17.0. The third-order valence-electron chi connectivity index (χ3n) is 3.08. The van der Waals surface area contributed by atoms with E-state index in [9.17, 15) is 9.59 Å². The molecular weight excluding hydrogens is 340 g/mol. The van der Waals surface area contributed by atoms with Gasteiger partial charge in [-0.2, -0.15) is 11.3 Å². The Balaban J connectivity index is 1.65. The SMILES string of the molecule is CN(Cc1ccc(Cl)s1)C(=O)CCCNC(=O)c1ccsc1. The fourth-order valence-electron chi connectivity index (χ4n) is 1.89. The predicted molar refractivity (Wildman–Crippen MR) is 91.7 cm³/mol. The van der Waals surface area contributed by atoms with E-state index >= 15 is 0 Å². The monoisotopic (exact) mass is 356 g/mol. The van der Waals surface area contributed by atoms with Gasteiger partial charge >= 0.3 is 0 Å². The highest BCUT2D eigenvalue weighted by atomic mass is 35.5. The maximum Gasteiger partial charge on any atom is 0.252 e. The Hall–Kier alpha value is -1.37. The van der Waals surface area contributed by atoms with E-state index in [0.717, 1.165) is 9.21 Å². The van der Waals surface area contributed by atoms with Gasteiger partial charge in [0.15, 0.2) is 0 Å². The third kappa shape index (κ3) is 5.12. The van der Waals surface area contributed by atoms with Crippen LogP contribution in [0.25, 0.3) is 0 Å². The summed E-state index contributed by atoms with van der Waals surface area (Å²) >= 11 is 8.84. The van der Waals surface area contributed by atoms with Crippen molar-refractivity contribution in [3.63, 3.8) is 0 Å². The Kier molecular flexibility index (Phi) is 6.42. The number of carbonyl (C=O) groups excluding carboxylic acids is 2. The minimum Gasteiger partial charge on any atom is -0.352 e. The molecule has 2 rings (SSSR count). The molecular formula is C15H17ClN2O2S2. The van der Waals surface area contributed by atoms with Gasteiger partial charge in [0.05, 0.1) is 10.9 Å². The maximum atomic E-state index is 12.0. The van der Waals surface area contributed by atoms with Crippen LogP contribution in [0.5, 0.6) is 0 Å². The van der Waals surface area contributed by atoms with Crippen LogP contribution < -0.4 is 5.32 Å². The minimum atomic E-state index is -0.0877. The van der Waals surface area contributed by atoms with Crippen molar-refractivity contribution in [1.29, 1.82) is 0 Å². The zero-order valence-corrected chi connectivity index (χ0v) is 14.6. The van der Waals surface area contributed by atoms with Gasteiger partial charge in [-0.25, -0.2) is 0 Å². The molecule has 2 aromatic rings. The van der Waals surface area contributed by atoms with Crippen LogP contribution in [0.15, 0.2) is 29.0 Å². The molecule has 22 heavy (non-hydrogen) atoms. The van der Waals surface area contributed by atoms with Gasteiger partial charge in [0.2, 0.25) is 5.91 Å². The van der Waals surface area contributed by atoms with Crippen molar-refractivity contribution >= 4 is 46.1 Å². The topological polar surface area (TPSA) is 49.4 Å². The number of carbonyl (C=O) groups is 2. The van der Waals surface area contributed by atoms with Crippen LogP contribution in [0.4, 0.5) is 0 Å². The Morgan fingerprint density at radius 3 is 2.77 bits per heavy atom. The second-order valence-electron chi connectivity index (χ2n) is 4.83. The van der Waals surface area contributed by atoms with Crippen LogP contribution >= 0.6 is 34.3 Å². The Labute approximate surface area is 142 Å². The van der Waals surface area contributed by atoms with Crippen LogP contribution in [0.1, 0.15) is 28.1 Å². The molecule has 2 heterocycles. The molecule has 0 unspecified atom stereocenters. The molecule has 0 saturated carbocycles. The lowest BCUT2D eigenvalue weighted by molar-refractivity contribution is -0.130. The number of amides is 2. The van der Waals surface area contributed by atoms with Gasteiger partial charge < -0.3 is 10.2 Å². The van der Waals surface area contributed by atoms with Gasteiger partial charge in [-0.3, -0.25) is 9.59 Å². The average Bonchev–Trinajstić information content (AvgIpc) is 3.14. The van der Waals surface area contributed by atoms with E-state index in [-0.39, 0.29) is 11.8 Å². The fourth-order valence-corrected chi connectivity index (χ4v) is 3.66. The van der Waals surface area contributed by atoms with Crippen molar-refractivity contribution in [2.24, 2.45) is 0 Å². The van der Waals surface area contributed by atoms with Crippen molar-refractivity contribution < 1.29 is 9.59 Å². The summed E-state index contributed by atoms with van der Waals surface area (Å²) in [6, 6.07) is 5.54. The second-order valence-corrected chi connectivity index (χ2v) is 7.41. The lowest BCUT2D eigenvalue weighted by Crippen LogP contribution is -2.28. The van der Waals surface area contributed by atoms with E-state index in [1.165, 1.54) is 22.7 Å². The lowest BCUT2D eigenvalue weighted by atomic mass is 10.2. The Bertz CT molecular complexity index is 625. The van der Waals surface area contributed by atoms with E-state index in [1.54, 1.807) is 23.4 Å². The quantitative estimate of drug-likeness (QED) is 0.770. The molecule has 0 aliphatic carbocycles.